The quantitative estimate of drug-likeness (QED) is 0.336. The molecule has 166 valence electrons. The molecule has 0 radical (unpaired) electrons. The lowest BCUT2D eigenvalue weighted by molar-refractivity contribution is -0.119. The van der Waals surface area contributed by atoms with Crippen molar-refractivity contribution >= 4 is 54.9 Å². The highest BCUT2D eigenvalue weighted by Crippen LogP contribution is 2.30. The molecule has 0 aromatic heterocycles. The topological polar surface area (TPSA) is 78.8 Å². The Morgan fingerprint density at radius 1 is 1.06 bits per heavy atom. The van der Waals surface area contributed by atoms with Crippen molar-refractivity contribution in [3.8, 4) is 0 Å². The SMILES string of the molecule is C/C(=N/NC(=O)CN(c1cccc(Cl)c1C)S(=O)(=O)c1ccccc1)c1cccc(Br)c1. The summed E-state index contributed by atoms with van der Waals surface area (Å²) in [5, 5.41) is 4.53. The second kappa shape index (κ2) is 10.3. The van der Waals surface area contributed by atoms with Gasteiger partial charge in [-0.2, -0.15) is 5.10 Å². The van der Waals surface area contributed by atoms with E-state index in [2.05, 4.69) is 26.5 Å². The number of halogens is 2. The number of sulfonamides is 1. The molecule has 0 spiro atoms. The second-order valence-corrected chi connectivity index (χ2v) is 10.1. The van der Waals surface area contributed by atoms with Crippen LogP contribution < -0.4 is 9.73 Å². The van der Waals surface area contributed by atoms with Crippen molar-refractivity contribution in [2.75, 3.05) is 10.8 Å². The molecule has 0 atom stereocenters. The van der Waals surface area contributed by atoms with Gasteiger partial charge in [0.1, 0.15) is 6.54 Å². The van der Waals surface area contributed by atoms with Gasteiger partial charge in [0.05, 0.1) is 16.3 Å². The minimum atomic E-state index is -4.03. The van der Waals surface area contributed by atoms with Crippen LogP contribution in [0.1, 0.15) is 18.1 Å². The first-order valence-electron chi connectivity index (χ1n) is 9.62. The average molecular weight is 535 g/mol. The van der Waals surface area contributed by atoms with Gasteiger partial charge in [0.25, 0.3) is 15.9 Å². The zero-order valence-corrected chi connectivity index (χ0v) is 20.6. The second-order valence-electron chi connectivity index (χ2n) is 6.95. The van der Waals surface area contributed by atoms with E-state index in [0.717, 1.165) is 14.3 Å². The van der Waals surface area contributed by atoms with Crippen LogP contribution in [0.4, 0.5) is 5.69 Å². The smallest absolute Gasteiger partial charge is 0.264 e. The minimum absolute atomic E-state index is 0.0704. The van der Waals surface area contributed by atoms with E-state index in [-0.39, 0.29) is 4.90 Å². The molecule has 3 rings (SSSR count). The molecule has 1 N–H and O–H groups in total. The molecule has 0 aliphatic heterocycles. The van der Waals surface area contributed by atoms with Crippen molar-refractivity contribution < 1.29 is 13.2 Å². The molecule has 0 saturated carbocycles. The van der Waals surface area contributed by atoms with Crippen molar-refractivity contribution in [1.82, 2.24) is 5.43 Å². The molecule has 0 aliphatic carbocycles. The maximum atomic E-state index is 13.4. The Kier molecular flexibility index (Phi) is 7.71. The lowest BCUT2D eigenvalue weighted by atomic mass is 10.1. The van der Waals surface area contributed by atoms with Gasteiger partial charge in [-0.05, 0) is 61.4 Å². The lowest BCUT2D eigenvalue weighted by Gasteiger charge is -2.25. The number of hydrazone groups is 1. The molecule has 0 fully saturated rings. The molecule has 0 aliphatic rings. The number of amides is 1. The Bertz CT molecular complexity index is 1260. The number of nitrogens with zero attached hydrogens (tertiary/aromatic N) is 2. The number of anilines is 1. The normalized spacial score (nSPS) is 11.8. The van der Waals surface area contributed by atoms with Gasteiger partial charge in [-0.25, -0.2) is 13.8 Å². The molecule has 3 aromatic rings. The minimum Gasteiger partial charge on any atom is -0.271 e. The Hall–Kier alpha value is -2.68. The standard InChI is InChI=1S/C23H21BrClN3O3S/c1-16-21(25)12-7-13-22(16)28(32(30,31)20-10-4-3-5-11-20)15-23(29)27-26-17(2)18-8-6-9-19(24)14-18/h3-14H,15H2,1-2H3,(H,27,29)/b26-17-. The molecule has 0 saturated heterocycles. The number of carbonyl (C=O) groups is 1. The first kappa shape index (κ1) is 24.0. The summed E-state index contributed by atoms with van der Waals surface area (Å²) in [5.74, 6) is -0.585. The van der Waals surface area contributed by atoms with Crippen molar-refractivity contribution in [3.05, 3.63) is 93.4 Å². The largest absolute Gasteiger partial charge is 0.271 e. The van der Waals surface area contributed by atoms with Crippen molar-refractivity contribution in [1.29, 1.82) is 0 Å². The predicted molar refractivity (Wildman–Crippen MR) is 132 cm³/mol. The molecule has 0 heterocycles. The first-order chi connectivity index (χ1) is 15.2. The van der Waals surface area contributed by atoms with Gasteiger partial charge in [-0.15, -0.1) is 0 Å². The van der Waals surface area contributed by atoms with Crippen LogP contribution in [-0.4, -0.2) is 26.6 Å². The highest BCUT2D eigenvalue weighted by Gasteiger charge is 2.28. The highest BCUT2D eigenvalue weighted by atomic mass is 79.9. The van der Waals surface area contributed by atoms with E-state index >= 15 is 0 Å². The third-order valence-corrected chi connectivity index (χ3v) is 7.39. The fourth-order valence-corrected chi connectivity index (χ4v) is 5.04. The van der Waals surface area contributed by atoms with Crippen molar-refractivity contribution in [2.45, 2.75) is 18.7 Å². The van der Waals surface area contributed by atoms with Crippen LogP contribution in [0.15, 0.2) is 87.3 Å². The van der Waals surface area contributed by atoms with Crippen LogP contribution in [-0.2, 0) is 14.8 Å². The molecule has 32 heavy (non-hydrogen) atoms. The van der Waals surface area contributed by atoms with Gasteiger partial charge >= 0.3 is 0 Å². The van der Waals surface area contributed by atoms with Crippen LogP contribution in [0.2, 0.25) is 5.02 Å². The van der Waals surface area contributed by atoms with Gasteiger partial charge in [0.15, 0.2) is 0 Å². The molecular formula is C23H21BrClN3O3S. The summed E-state index contributed by atoms with van der Waals surface area (Å²) < 4.78 is 28.7. The van der Waals surface area contributed by atoms with E-state index < -0.39 is 22.5 Å². The van der Waals surface area contributed by atoms with Crippen LogP contribution >= 0.6 is 27.5 Å². The van der Waals surface area contributed by atoms with Crippen LogP contribution in [0.25, 0.3) is 0 Å². The summed E-state index contributed by atoms with van der Waals surface area (Å²) in [5.41, 5.74) is 4.73. The van der Waals surface area contributed by atoms with E-state index in [1.807, 2.05) is 24.3 Å². The fourth-order valence-electron chi connectivity index (χ4n) is 2.98. The van der Waals surface area contributed by atoms with Gasteiger partial charge in [-0.1, -0.05) is 63.9 Å². The molecule has 3 aromatic carbocycles. The molecule has 1 amide bonds. The first-order valence-corrected chi connectivity index (χ1v) is 12.2. The molecule has 0 bridgehead atoms. The number of rotatable bonds is 7. The highest BCUT2D eigenvalue weighted by molar-refractivity contribution is 9.10. The number of nitrogens with one attached hydrogen (secondary N) is 1. The van der Waals surface area contributed by atoms with Crippen LogP contribution in [0.3, 0.4) is 0 Å². The van der Waals surface area contributed by atoms with Crippen molar-refractivity contribution in [3.63, 3.8) is 0 Å². The summed E-state index contributed by atoms with van der Waals surface area (Å²) in [6.45, 7) is 2.99. The van der Waals surface area contributed by atoms with Crippen LogP contribution in [0, 0.1) is 6.92 Å². The Labute approximate surface area is 201 Å². The molecule has 6 nitrogen and oxygen atoms in total. The molecule has 0 unspecified atom stereocenters. The Morgan fingerprint density at radius 3 is 2.44 bits per heavy atom. The van der Waals surface area contributed by atoms with E-state index in [1.165, 1.54) is 12.1 Å². The maximum Gasteiger partial charge on any atom is 0.264 e. The Balaban J connectivity index is 1.91. The van der Waals surface area contributed by atoms with E-state index in [9.17, 15) is 13.2 Å². The number of benzene rings is 3. The summed E-state index contributed by atoms with van der Waals surface area (Å²) in [7, 11) is -4.03. The third-order valence-electron chi connectivity index (χ3n) is 4.72. The lowest BCUT2D eigenvalue weighted by Crippen LogP contribution is -2.40. The van der Waals surface area contributed by atoms with Gasteiger partial charge < -0.3 is 0 Å². The van der Waals surface area contributed by atoms with Crippen LogP contribution in [0.5, 0.6) is 0 Å². The third kappa shape index (κ3) is 5.56. The Morgan fingerprint density at radius 2 is 1.75 bits per heavy atom. The monoisotopic (exact) mass is 533 g/mol. The summed E-state index contributed by atoms with van der Waals surface area (Å²) in [4.78, 5) is 12.8. The number of hydrogen-bond acceptors (Lipinski definition) is 4. The fraction of sp³-hybridized carbons (Fsp3) is 0.130. The number of carbonyl (C=O) groups excluding carboxylic acids is 1. The summed E-state index contributed by atoms with van der Waals surface area (Å²) in [6.07, 6.45) is 0. The van der Waals surface area contributed by atoms with Gasteiger partial charge in [0, 0.05) is 9.50 Å². The maximum absolute atomic E-state index is 13.4. The zero-order valence-electron chi connectivity index (χ0n) is 17.4. The molecule has 9 heteroatoms. The summed E-state index contributed by atoms with van der Waals surface area (Å²) in [6, 6.07) is 20.3. The molecular weight excluding hydrogens is 514 g/mol. The van der Waals surface area contributed by atoms with E-state index in [4.69, 9.17) is 11.6 Å². The van der Waals surface area contributed by atoms with Crippen molar-refractivity contribution in [2.24, 2.45) is 5.10 Å². The van der Waals surface area contributed by atoms with E-state index in [0.29, 0.717) is 22.0 Å². The van der Waals surface area contributed by atoms with E-state index in [1.54, 1.807) is 50.2 Å². The van der Waals surface area contributed by atoms with Gasteiger partial charge in [-0.3, -0.25) is 9.10 Å². The number of hydrogen-bond donors (Lipinski definition) is 1. The average Bonchev–Trinajstić information content (AvgIpc) is 2.78. The predicted octanol–water partition coefficient (Wildman–Crippen LogP) is 5.15. The zero-order chi connectivity index (χ0) is 23.3. The van der Waals surface area contributed by atoms with Gasteiger partial charge in [0.2, 0.25) is 0 Å². The summed E-state index contributed by atoms with van der Waals surface area (Å²) >= 11 is 9.63.